The van der Waals surface area contributed by atoms with Crippen molar-refractivity contribution < 1.29 is 9.50 Å². The van der Waals surface area contributed by atoms with E-state index < -0.39 is 5.60 Å². The second-order valence-electron chi connectivity index (χ2n) is 4.45. The summed E-state index contributed by atoms with van der Waals surface area (Å²) < 4.78 is 13.1. The van der Waals surface area contributed by atoms with Crippen molar-refractivity contribution in [2.75, 3.05) is 18.6 Å². The fourth-order valence-corrected chi connectivity index (χ4v) is 2.37. The standard InChI is InChI=1S/C13H17FN2OS/c1-13(17,9-18-2)8-16-7-11-5-12(14)4-3-10(11)6-15/h3-5,16-17H,7-9H2,1-2H3. The molecule has 18 heavy (non-hydrogen) atoms. The first-order valence-corrected chi connectivity index (χ1v) is 6.98. The molecule has 0 aromatic heterocycles. The maximum Gasteiger partial charge on any atom is 0.123 e. The van der Waals surface area contributed by atoms with Gasteiger partial charge in [-0.1, -0.05) is 0 Å². The van der Waals surface area contributed by atoms with Crippen molar-refractivity contribution in [3.05, 3.63) is 35.1 Å². The molecule has 0 aliphatic rings. The Labute approximate surface area is 111 Å². The van der Waals surface area contributed by atoms with Gasteiger partial charge in [-0.15, -0.1) is 0 Å². The number of aliphatic hydroxyl groups is 1. The van der Waals surface area contributed by atoms with Gasteiger partial charge in [-0.25, -0.2) is 4.39 Å². The van der Waals surface area contributed by atoms with Gasteiger partial charge in [-0.3, -0.25) is 0 Å². The first-order valence-electron chi connectivity index (χ1n) is 5.59. The van der Waals surface area contributed by atoms with Crippen molar-refractivity contribution in [1.82, 2.24) is 5.32 Å². The smallest absolute Gasteiger partial charge is 0.123 e. The minimum Gasteiger partial charge on any atom is -0.388 e. The molecule has 0 saturated carbocycles. The molecule has 1 unspecified atom stereocenters. The van der Waals surface area contributed by atoms with Crippen molar-refractivity contribution in [3.63, 3.8) is 0 Å². The largest absolute Gasteiger partial charge is 0.388 e. The van der Waals surface area contributed by atoms with Crippen LogP contribution < -0.4 is 5.32 Å². The zero-order valence-corrected chi connectivity index (χ0v) is 11.4. The average molecular weight is 268 g/mol. The molecule has 5 heteroatoms. The van der Waals surface area contributed by atoms with E-state index in [2.05, 4.69) is 5.32 Å². The number of nitriles is 1. The molecule has 0 radical (unpaired) electrons. The predicted molar refractivity (Wildman–Crippen MR) is 71.8 cm³/mol. The van der Waals surface area contributed by atoms with E-state index in [0.29, 0.717) is 30.0 Å². The Hall–Kier alpha value is -1.09. The zero-order chi connectivity index (χ0) is 13.6. The number of nitrogens with one attached hydrogen (secondary N) is 1. The molecular weight excluding hydrogens is 251 g/mol. The van der Waals surface area contributed by atoms with Gasteiger partial charge in [0, 0.05) is 18.8 Å². The second kappa shape index (κ2) is 6.74. The van der Waals surface area contributed by atoms with E-state index in [9.17, 15) is 9.50 Å². The Morgan fingerprint density at radius 2 is 2.28 bits per heavy atom. The third kappa shape index (κ3) is 4.65. The summed E-state index contributed by atoms with van der Waals surface area (Å²) in [5.74, 6) is 0.260. The van der Waals surface area contributed by atoms with Crippen molar-refractivity contribution in [3.8, 4) is 6.07 Å². The van der Waals surface area contributed by atoms with Crippen LogP contribution >= 0.6 is 11.8 Å². The molecule has 1 rings (SSSR count). The van der Waals surface area contributed by atoms with Crippen molar-refractivity contribution in [1.29, 1.82) is 5.26 Å². The maximum atomic E-state index is 13.1. The lowest BCUT2D eigenvalue weighted by Crippen LogP contribution is -2.39. The fraction of sp³-hybridized carbons (Fsp3) is 0.462. The van der Waals surface area contributed by atoms with Gasteiger partial charge in [0.2, 0.25) is 0 Å². The van der Waals surface area contributed by atoms with Crippen molar-refractivity contribution in [2.24, 2.45) is 0 Å². The molecule has 0 amide bonds. The maximum absolute atomic E-state index is 13.1. The van der Waals surface area contributed by atoms with Gasteiger partial charge in [0.25, 0.3) is 0 Å². The van der Waals surface area contributed by atoms with Gasteiger partial charge in [-0.05, 0) is 36.9 Å². The Morgan fingerprint density at radius 3 is 2.89 bits per heavy atom. The first-order chi connectivity index (χ1) is 8.48. The third-order valence-corrected chi connectivity index (χ3v) is 3.37. The highest BCUT2D eigenvalue weighted by Crippen LogP contribution is 2.12. The Bertz CT molecular complexity index is 443. The topological polar surface area (TPSA) is 56.0 Å². The van der Waals surface area contributed by atoms with E-state index in [1.165, 1.54) is 18.2 Å². The van der Waals surface area contributed by atoms with E-state index in [1.807, 2.05) is 12.3 Å². The average Bonchev–Trinajstić information content (AvgIpc) is 2.29. The van der Waals surface area contributed by atoms with Crippen LogP contribution in [0.1, 0.15) is 18.1 Å². The number of rotatable bonds is 6. The Balaban J connectivity index is 2.59. The highest BCUT2D eigenvalue weighted by Gasteiger charge is 2.18. The normalized spacial score (nSPS) is 13.9. The molecule has 1 aromatic carbocycles. The molecular formula is C13H17FN2OS. The van der Waals surface area contributed by atoms with Crippen LogP contribution in [0, 0.1) is 17.1 Å². The van der Waals surface area contributed by atoms with E-state index in [-0.39, 0.29) is 5.82 Å². The predicted octanol–water partition coefficient (Wildman–Crippen LogP) is 1.90. The first kappa shape index (κ1) is 15.0. The lowest BCUT2D eigenvalue weighted by Gasteiger charge is -2.22. The van der Waals surface area contributed by atoms with Crippen LogP contribution in [0.2, 0.25) is 0 Å². The summed E-state index contributed by atoms with van der Waals surface area (Å²) >= 11 is 1.56. The SMILES string of the molecule is CSCC(C)(O)CNCc1cc(F)ccc1C#N. The summed E-state index contributed by atoms with van der Waals surface area (Å²) in [6.45, 7) is 2.51. The van der Waals surface area contributed by atoms with Crippen LogP contribution in [-0.2, 0) is 6.54 Å². The third-order valence-electron chi connectivity index (χ3n) is 2.46. The summed E-state index contributed by atoms with van der Waals surface area (Å²) in [7, 11) is 0. The Kier molecular flexibility index (Phi) is 5.60. The summed E-state index contributed by atoms with van der Waals surface area (Å²) in [5, 5.41) is 21.9. The lowest BCUT2D eigenvalue weighted by molar-refractivity contribution is 0.0846. The summed E-state index contributed by atoms with van der Waals surface area (Å²) in [4.78, 5) is 0. The quantitative estimate of drug-likeness (QED) is 0.827. The molecule has 3 nitrogen and oxygen atoms in total. The fourth-order valence-electron chi connectivity index (χ4n) is 1.65. The number of hydrogen-bond donors (Lipinski definition) is 2. The molecule has 0 aliphatic heterocycles. The van der Waals surface area contributed by atoms with Gasteiger partial charge in [0.1, 0.15) is 5.82 Å². The van der Waals surface area contributed by atoms with Crippen LogP contribution in [0.5, 0.6) is 0 Å². The highest BCUT2D eigenvalue weighted by molar-refractivity contribution is 7.98. The van der Waals surface area contributed by atoms with E-state index in [4.69, 9.17) is 5.26 Å². The molecule has 0 aliphatic carbocycles. The van der Waals surface area contributed by atoms with E-state index in [0.717, 1.165) is 0 Å². The molecule has 1 atom stereocenters. The van der Waals surface area contributed by atoms with E-state index in [1.54, 1.807) is 18.7 Å². The van der Waals surface area contributed by atoms with Crippen molar-refractivity contribution in [2.45, 2.75) is 19.1 Å². The minimum absolute atomic E-state index is 0.360. The number of halogens is 1. The monoisotopic (exact) mass is 268 g/mol. The van der Waals surface area contributed by atoms with Gasteiger partial charge < -0.3 is 10.4 Å². The van der Waals surface area contributed by atoms with Gasteiger partial charge in [0.15, 0.2) is 0 Å². The van der Waals surface area contributed by atoms with Crippen LogP contribution in [0.3, 0.4) is 0 Å². The Morgan fingerprint density at radius 1 is 1.56 bits per heavy atom. The molecule has 0 saturated heterocycles. The second-order valence-corrected chi connectivity index (χ2v) is 5.31. The van der Waals surface area contributed by atoms with Gasteiger partial charge >= 0.3 is 0 Å². The molecule has 2 N–H and O–H groups in total. The van der Waals surface area contributed by atoms with Crippen molar-refractivity contribution >= 4 is 11.8 Å². The van der Waals surface area contributed by atoms with Crippen LogP contribution in [0.15, 0.2) is 18.2 Å². The number of hydrogen-bond acceptors (Lipinski definition) is 4. The molecule has 1 aromatic rings. The van der Waals surface area contributed by atoms with Crippen LogP contribution in [0.4, 0.5) is 4.39 Å². The lowest BCUT2D eigenvalue weighted by atomic mass is 10.1. The minimum atomic E-state index is -0.806. The van der Waals surface area contributed by atoms with Crippen LogP contribution in [0.25, 0.3) is 0 Å². The number of thioether (sulfide) groups is 1. The summed E-state index contributed by atoms with van der Waals surface area (Å²) in [6.07, 6.45) is 1.93. The number of benzene rings is 1. The zero-order valence-electron chi connectivity index (χ0n) is 10.5. The molecule has 0 fully saturated rings. The summed E-state index contributed by atoms with van der Waals surface area (Å²) in [6, 6.07) is 6.10. The van der Waals surface area contributed by atoms with Gasteiger partial charge in [-0.2, -0.15) is 17.0 Å². The molecule has 0 heterocycles. The summed E-state index contributed by atoms with van der Waals surface area (Å²) in [5.41, 5.74) is 0.255. The molecule has 98 valence electrons. The van der Waals surface area contributed by atoms with Gasteiger partial charge in [0.05, 0.1) is 17.2 Å². The highest BCUT2D eigenvalue weighted by atomic mass is 32.2. The molecule has 0 spiro atoms. The van der Waals surface area contributed by atoms with Crippen LogP contribution in [-0.4, -0.2) is 29.3 Å². The number of nitrogens with zero attached hydrogens (tertiary/aromatic N) is 1. The van der Waals surface area contributed by atoms with E-state index >= 15 is 0 Å². The molecule has 0 bridgehead atoms.